The van der Waals surface area contributed by atoms with Crippen molar-refractivity contribution < 1.29 is 4.74 Å². The van der Waals surface area contributed by atoms with Gasteiger partial charge in [0, 0.05) is 51.2 Å². The fourth-order valence-electron chi connectivity index (χ4n) is 4.11. The first-order chi connectivity index (χ1) is 13.3. The maximum atomic E-state index is 5.43. The van der Waals surface area contributed by atoms with Crippen LogP contribution < -0.4 is 4.90 Å². The van der Waals surface area contributed by atoms with Gasteiger partial charge >= 0.3 is 0 Å². The summed E-state index contributed by atoms with van der Waals surface area (Å²) in [7, 11) is 2.24. The van der Waals surface area contributed by atoms with E-state index in [-0.39, 0.29) is 0 Å². The average molecular weight is 371 g/mol. The lowest BCUT2D eigenvalue weighted by molar-refractivity contribution is 0.0318. The van der Waals surface area contributed by atoms with Crippen molar-refractivity contribution in [3.8, 4) is 0 Å². The Labute approximate surface area is 160 Å². The lowest BCUT2D eigenvalue weighted by atomic mass is 9.85. The van der Waals surface area contributed by atoms with Crippen molar-refractivity contribution in [2.24, 2.45) is 0 Å². The van der Waals surface area contributed by atoms with E-state index in [1.54, 1.807) is 0 Å². The van der Waals surface area contributed by atoms with Crippen LogP contribution in [0.4, 0.5) is 5.82 Å². The number of ether oxygens (including phenoxy) is 1. The zero-order chi connectivity index (χ0) is 18.2. The van der Waals surface area contributed by atoms with Gasteiger partial charge in [-0.05, 0) is 32.0 Å². The number of likely N-dealkylation sites (N-methyl/N-ethyl adjacent to an activating group) is 1. The molecule has 3 aliphatic rings. The summed E-state index contributed by atoms with van der Waals surface area (Å²) in [5, 5.41) is 13.5. The van der Waals surface area contributed by atoms with Gasteiger partial charge in [-0.15, -0.1) is 15.3 Å². The standard InChI is InChI=1S/C19H29N7O/c1-23(7-8-24-9-11-27-12-10-24)16-13-25(14-16)18-6-5-17-20-21-19(26(17)22-18)15-3-2-4-15/h5-6,15-16H,2-4,7-14H2,1H3. The van der Waals surface area contributed by atoms with Crippen LogP contribution in [-0.4, -0.2) is 95.2 Å². The summed E-state index contributed by atoms with van der Waals surface area (Å²) in [4.78, 5) is 7.35. The first kappa shape index (κ1) is 17.3. The summed E-state index contributed by atoms with van der Waals surface area (Å²) in [6.45, 7) is 8.21. The maximum absolute atomic E-state index is 5.43. The highest BCUT2D eigenvalue weighted by Crippen LogP contribution is 2.35. The van der Waals surface area contributed by atoms with Crippen LogP contribution in [0, 0.1) is 0 Å². The van der Waals surface area contributed by atoms with Crippen molar-refractivity contribution in [1.82, 2.24) is 29.6 Å². The molecule has 0 unspecified atom stereocenters. The molecule has 8 heteroatoms. The highest BCUT2D eigenvalue weighted by Gasteiger charge is 2.32. The van der Waals surface area contributed by atoms with E-state index in [2.05, 4.69) is 38.0 Å². The van der Waals surface area contributed by atoms with E-state index in [0.717, 1.165) is 69.8 Å². The van der Waals surface area contributed by atoms with Gasteiger partial charge in [0.2, 0.25) is 0 Å². The van der Waals surface area contributed by atoms with Gasteiger partial charge in [0.25, 0.3) is 0 Å². The van der Waals surface area contributed by atoms with Crippen LogP contribution in [0.15, 0.2) is 12.1 Å². The van der Waals surface area contributed by atoms with E-state index < -0.39 is 0 Å². The highest BCUT2D eigenvalue weighted by molar-refractivity contribution is 5.48. The van der Waals surface area contributed by atoms with Gasteiger partial charge < -0.3 is 9.64 Å². The van der Waals surface area contributed by atoms with Crippen LogP contribution in [0.5, 0.6) is 0 Å². The molecule has 0 aromatic carbocycles. The fraction of sp³-hybridized carbons (Fsp3) is 0.737. The van der Waals surface area contributed by atoms with Gasteiger partial charge in [0.1, 0.15) is 5.82 Å². The molecule has 0 spiro atoms. The molecule has 0 radical (unpaired) electrons. The lowest BCUT2D eigenvalue weighted by Gasteiger charge is -2.45. The van der Waals surface area contributed by atoms with Crippen LogP contribution in [0.3, 0.4) is 0 Å². The topological polar surface area (TPSA) is 62.0 Å². The number of nitrogens with zero attached hydrogens (tertiary/aromatic N) is 7. The fourth-order valence-corrected chi connectivity index (χ4v) is 4.11. The number of aromatic nitrogens is 4. The molecular weight excluding hydrogens is 342 g/mol. The number of fused-ring (bicyclic) bond motifs is 1. The van der Waals surface area contributed by atoms with Crippen molar-refractivity contribution in [2.75, 3.05) is 64.4 Å². The van der Waals surface area contributed by atoms with Gasteiger partial charge in [0.05, 0.1) is 13.2 Å². The summed E-state index contributed by atoms with van der Waals surface area (Å²) in [6, 6.07) is 4.74. The molecule has 0 bridgehead atoms. The molecule has 27 heavy (non-hydrogen) atoms. The number of rotatable bonds is 6. The molecule has 2 aliphatic heterocycles. The highest BCUT2D eigenvalue weighted by atomic mass is 16.5. The Morgan fingerprint density at radius 2 is 1.96 bits per heavy atom. The zero-order valence-corrected chi connectivity index (χ0v) is 16.1. The van der Waals surface area contributed by atoms with Crippen molar-refractivity contribution in [3.05, 3.63) is 18.0 Å². The number of anilines is 1. The summed E-state index contributed by atoms with van der Waals surface area (Å²) < 4.78 is 7.40. The molecular formula is C19H29N7O. The molecule has 2 aromatic heterocycles. The van der Waals surface area contributed by atoms with Crippen LogP contribution in [-0.2, 0) is 4.74 Å². The molecule has 4 heterocycles. The maximum Gasteiger partial charge on any atom is 0.178 e. The smallest absolute Gasteiger partial charge is 0.178 e. The number of hydrogen-bond donors (Lipinski definition) is 0. The molecule has 0 amide bonds. The van der Waals surface area contributed by atoms with Crippen LogP contribution in [0.2, 0.25) is 0 Å². The summed E-state index contributed by atoms with van der Waals surface area (Å²) in [6.07, 6.45) is 3.72. The molecule has 146 valence electrons. The first-order valence-electron chi connectivity index (χ1n) is 10.3. The minimum Gasteiger partial charge on any atom is -0.379 e. The minimum atomic E-state index is 0.540. The van der Waals surface area contributed by atoms with Crippen molar-refractivity contribution in [1.29, 1.82) is 0 Å². The monoisotopic (exact) mass is 371 g/mol. The normalized spacial score (nSPS) is 22.4. The Morgan fingerprint density at radius 1 is 1.15 bits per heavy atom. The molecule has 8 nitrogen and oxygen atoms in total. The van der Waals surface area contributed by atoms with Crippen LogP contribution in [0.25, 0.3) is 5.65 Å². The summed E-state index contributed by atoms with van der Waals surface area (Å²) in [5.74, 6) is 2.62. The molecule has 2 aromatic rings. The third-order valence-corrected chi connectivity index (χ3v) is 6.43. The second-order valence-electron chi connectivity index (χ2n) is 8.14. The van der Waals surface area contributed by atoms with Gasteiger partial charge in [-0.1, -0.05) is 6.42 Å². The molecule has 0 N–H and O–H groups in total. The van der Waals surface area contributed by atoms with Crippen LogP contribution in [0.1, 0.15) is 31.0 Å². The quantitative estimate of drug-likeness (QED) is 0.746. The molecule has 3 fully saturated rings. The van der Waals surface area contributed by atoms with Gasteiger partial charge in [-0.2, -0.15) is 4.52 Å². The van der Waals surface area contributed by atoms with E-state index >= 15 is 0 Å². The molecule has 2 saturated heterocycles. The van der Waals surface area contributed by atoms with Crippen molar-refractivity contribution >= 4 is 11.5 Å². The predicted molar refractivity (Wildman–Crippen MR) is 103 cm³/mol. The van der Waals surface area contributed by atoms with E-state index in [0.29, 0.717) is 12.0 Å². The largest absolute Gasteiger partial charge is 0.379 e. The molecule has 0 atom stereocenters. The zero-order valence-electron chi connectivity index (χ0n) is 16.1. The number of hydrogen-bond acceptors (Lipinski definition) is 7. The molecule has 1 aliphatic carbocycles. The average Bonchev–Trinajstić information content (AvgIpc) is 3.01. The van der Waals surface area contributed by atoms with Gasteiger partial charge in [0.15, 0.2) is 11.5 Å². The Morgan fingerprint density at radius 3 is 2.70 bits per heavy atom. The van der Waals surface area contributed by atoms with E-state index in [1.165, 1.54) is 19.3 Å². The van der Waals surface area contributed by atoms with Crippen molar-refractivity contribution in [2.45, 2.75) is 31.2 Å². The first-order valence-corrected chi connectivity index (χ1v) is 10.3. The Balaban J connectivity index is 1.17. The minimum absolute atomic E-state index is 0.540. The van der Waals surface area contributed by atoms with E-state index in [4.69, 9.17) is 9.84 Å². The third kappa shape index (κ3) is 3.41. The molecule has 5 rings (SSSR count). The second kappa shape index (κ2) is 7.33. The van der Waals surface area contributed by atoms with Crippen molar-refractivity contribution in [3.63, 3.8) is 0 Å². The van der Waals surface area contributed by atoms with E-state index in [1.807, 2.05) is 10.6 Å². The Kier molecular flexibility index (Phi) is 4.71. The number of morpholine rings is 1. The second-order valence-corrected chi connectivity index (χ2v) is 8.14. The summed E-state index contributed by atoms with van der Waals surface area (Å²) >= 11 is 0. The predicted octanol–water partition coefficient (Wildman–Crippen LogP) is 0.844. The molecule has 1 saturated carbocycles. The summed E-state index contributed by atoms with van der Waals surface area (Å²) in [5.41, 5.74) is 0.861. The van der Waals surface area contributed by atoms with Gasteiger partial charge in [-0.3, -0.25) is 9.80 Å². The Bertz CT molecular complexity index is 777. The van der Waals surface area contributed by atoms with Gasteiger partial charge in [-0.25, -0.2) is 0 Å². The Hall–Kier alpha value is -1.77. The lowest BCUT2D eigenvalue weighted by Crippen LogP contribution is -2.59. The SMILES string of the molecule is CN(CCN1CCOCC1)C1CN(c2ccc3nnc(C4CCC4)n3n2)C1. The van der Waals surface area contributed by atoms with Crippen LogP contribution >= 0.6 is 0 Å². The third-order valence-electron chi connectivity index (χ3n) is 6.43. The van der Waals surface area contributed by atoms with E-state index in [9.17, 15) is 0 Å².